The summed E-state index contributed by atoms with van der Waals surface area (Å²) in [7, 11) is 1.53. The molecule has 1 aromatic heterocycles. The molecule has 1 aliphatic heterocycles. The standard InChI is InChI=1S/C19H17N3O4/c1-24-16-10-13(11-17-18(16)26-9-8-25-17)19(23)21-14-4-2-3-5-15(14)22-7-6-20-12-22/h2-7,10-12H,8-9H2,1H3,(H,21,23). The summed E-state index contributed by atoms with van der Waals surface area (Å²) in [6.07, 6.45) is 5.18. The molecule has 0 unspecified atom stereocenters. The molecular formula is C19H17N3O4. The Hall–Kier alpha value is -3.48. The minimum Gasteiger partial charge on any atom is -0.493 e. The highest BCUT2D eigenvalue weighted by molar-refractivity contribution is 6.06. The second kappa shape index (κ2) is 6.79. The first-order chi connectivity index (χ1) is 12.8. The van der Waals surface area contributed by atoms with E-state index in [1.54, 1.807) is 24.7 Å². The summed E-state index contributed by atoms with van der Waals surface area (Å²) in [4.78, 5) is 16.9. The summed E-state index contributed by atoms with van der Waals surface area (Å²) in [5, 5.41) is 2.93. The fourth-order valence-corrected chi connectivity index (χ4v) is 2.80. The summed E-state index contributed by atoms with van der Waals surface area (Å²) in [5.41, 5.74) is 1.92. The van der Waals surface area contributed by atoms with E-state index in [0.717, 1.165) is 5.69 Å². The molecule has 132 valence electrons. The summed E-state index contributed by atoms with van der Waals surface area (Å²) in [6.45, 7) is 0.887. The van der Waals surface area contributed by atoms with Gasteiger partial charge in [0.2, 0.25) is 5.75 Å². The molecule has 2 heterocycles. The highest BCUT2D eigenvalue weighted by atomic mass is 16.6. The molecule has 4 rings (SSSR count). The molecule has 0 radical (unpaired) electrons. The first-order valence-electron chi connectivity index (χ1n) is 8.12. The summed E-state index contributed by atoms with van der Waals surface area (Å²) < 4.78 is 18.3. The Morgan fingerprint density at radius 2 is 2.08 bits per heavy atom. The van der Waals surface area contributed by atoms with Crippen LogP contribution in [0, 0.1) is 0 Å². The number of carbonyl (C=O) groups is 1. The van der Waals surface area contributed by atoms with Crippen LogP contribution in [0.4, 0.5) is 5.69 Å². The van der Waals surface area contributed by atoms with Crippen LogP contribution in [0.25, 0.3) is 5.69 Å². The van der Waals surface area contributed by atoms with Crippen LogP contribution in [0.1, 0.15) is 10.4 Å². The summed E-state index contributed by atoms with van der Waals surface area (Å²) in [5.74, 6) is 1.22. The van der Waals surface area contributed by atoms with Crippen molar-refractivity contribution < 1.29 is 19.0 Å². The highest BCUT2D eigenvalue weighted by Gasteiger charge is 2.21. The van der Waals surface area contributed by atoms with Gasteiger partial charge in [0.25, 0.3) is 5.91 Å². The molecule has 1 N–H and O–H groups in total. The number of anilines is 1. The van der Waals surface area contributed by atoms with Crippen LogP contribution in [0.5, 0.6) is 17.2 Å². The van der Waals surface area contributed by atoms with Gasteiger partial charge >= 0.3 is 0 Å². The maximum atomic E-state index is 12.8. The number of benzene rings is 2. The monoisotopic (exact) mass is 351 g/mol. The van der Waals surface area contributed by atoms with E-state index < -0.39 is 0 Å². The second-order valence-electron chi connectivity index (χ2n) is 5.64. The van der Waals surface area contributed by atoms with Gasteiger partial charge in [-0.25, -0.2) is 4.98 Å². The van der Waals surface area contributed by atoms with Gasteiger partial charge in [-0.05, 0) is 24.3 Å². The lowest BCUT2D eigenvalue weighted by Gasteiger charge is -2.21. The Kier molecular flexibility index (Phi) is 4.18. The number of nitrogens with zero attached hydrogens (tertiary/aromatic N) is 2. The number of methoxy groups -OCH3 is 1. The minimum atomic E-state index is -0.271. The molecule has 26 heavy (non-hydrogen) atoms. The number of amides is 1. The van der Waals surface area contributed by atoms with Crippen molar-refractivity contribution in [1.29, 1.82) is 0 Å². The predicted octanol–water partition coefficient (Wildman–Crippen LogP) is 2.90. The second-order valence-corrected chi connectivity index (χ2v) is 5.64. The zero-order chi connectivity index (χ0) is 17.9. The number of rotatable bonds is 4. The van der Waals surface area contributed by atoms with Crippen LogP contribution < -0.4 is 19.5 Å². The van der Waals surface area contributed by atoms with Crippen LogP contribution in [0.15, 0.2) is 55.1 Å². The van der Waals surface area contributed by atoms with Crippen molar-refractivity contribution in [1.82, 2.24) is 9.55 Å². The minimum absolute atomic E-state index is 0.271. The lowest BCUT2D eigenvalue weighted by Crippen LogP contribution is -2.18. The van der Waals surface area contributed by atoms with E-state index >= 15 is 0 Å². The molecule has 7 heteroatoms. The molecule has 2 aromatic carbocycles. The smallest absolute Gasteiger partial charge is 0.255 e. The maximum Gasteiger partial charge on any atom is 0.255 e. The third-order valence-electron chi connectivity index (χ3n) is 4.03. The summed E-state index contributed by atoms with van der Waals surface area (Å²) in [6, 6.07) is 10.8. The first kappa shape index (κ1) is 16.0. The van der Waals surface area contributed by atoms with Crippen LogP contribution in [-0.4, -0.2) is 35.8 Å². The maximum absolute atomic E-state index is 12.8. The van der Waals surface area contributed by atoms with Crippen LogP contribution in [0.2, 0.25) is 0 Å². The third kappa shape index (κ3) is 2.95. The van der Waals surface area contributed by atoms with Crippen molar-refractivity contribution in [3.63, 3.8) is 0 Å². The van der Waals surface area contributed by atoms with Gasteiger partial charge in [0.1, 0.15) is 13.2 Å². The molecule has 0 atom stereocenters. The van der Waals surface area contributed by atoms with Gasteiger partial charge in [-0.1, -0.05) is 12.1 Å². The molecule has 3 aromatic rings. The van der Waals surface area contributed by atoms with Gasteiger partial charge in [0.15, 0.2) is 11.5 Å². The van der Waals surface area contributed by atoms with Crippen molar-refractivity contribution in [2.45, 2.75) is 0 Å². The largest absolute Gasteiger partial charge is 0.493 e. The van der Waals surface area contributed by atoms with Crippen molar-refractivity contribution in [2.24, 2.45) is 0 Å². The molecule has 0 saturated heterocycles. The number of carbonyl (C=O) groups excluding carboxylic acids is 1. The Balaban J connectivity index is 1.66. The Labute approximate surface area is 150 Å². The third-order valence-corrected chi connectivity index (χ3v) is 4.03. The quantitative estimate of drug-likeness (QED) is 0.782. The molecule has 0 aliphatic carbocycles. The summed E-state index contributed by atoms with van der Waals surface area (Å²) >= 11 is 0. The molecule has 1 aliphatic rings. The Morgan fingerprint density at radius 1 is 1.23 bits per heavy atom. The number of para-hydroxylation sites is 2. The van der Waals surface area contributed by atoms with Gasteiger partial charge in [-0.2, -0.15) is 0 Å². The van der Waals surface area contributed by atoms with E-state index in [2.05, 4.69) is 10.3 Å². The average molecular weight is 351 g/mol. The molecular weight excluding hydrogens is 334 g/mol. The normalized spacial score (nSPS) is 12.5. The zero-order valence-electron chi connectivity index (χ0n) is 14.1. The van der Waals surface area contributed by atoms with Crippen LogP contribution >= 0.6 is 0 Å². The Bertz CT molecular complexity index is 921. The van der Waals surface area contributed by atoms with Crippen molar-refractivity contribution in [3.05, 3.63) is 60.7 Å². The van der Waals surface area contributed by atoms with E-state index in [-0.39, 0.29) is 5.91 Å². The lowest BCUT2D eigenvalue weighted by molar-refractivity contribution is 0.102. The van der Waals surface area contributed by atoms with Gasteiger partial charge in [0.05, 0.1) is 24.8 Å². The van der Waals surface area contributed by atoms with Gasteiger partial charge in [-0.3, -0.25) is 4.79 Å². The highest BCUT2D eigenvalue weighted by Crippen LogP contribution is 2.40. The zero-order valence-corrected chi connectivity index (χ0v) is 14.1. The van der Waals surface area contributed by atoms with E-state index in [4.69, 9.17) is 14.2 Å². The van der Waals surface area contributed by atoms with Gasteiger partial charge in [0, 0.05) is 18.0 Å². The number of hydrogen-bond donors (Lipinski definition) is 1. The van der Waals surface area contributed by atoms with E-state index in [0.29, 0.717) is 41.7 Å². The van der Waals surface area contributed by atoms with Crippen molar-refractivity contribution in [2.75, 3.05) is 25.6 Å². The molecule has 0 fully saturated rings. The van der Waals surface area contributed by atoms with E-state index in [9.17, 15) is 4.79 Å². The number of hydrogen-bond acceptors (Lipinski definition) is 5. The van der Waals surface area contributed by atoms with Gasteiger partial charge < -0.3 is 24.1 Å². The number of aromatic nitrogens is 2. The van der Waals surface area contributed by atoms with Crippen molar-refractivity contribution >= 4 is 11.6 Å². The molecule has 0 saturated carbocycles. The molecule has 1 amide bonds. The van der Waals surface area contributed by atoms with E-state index in [1.165, 1.54) is 7.11 Å². The predicted molar refractivity (Wildman–Crippen MR) is 95.5 cm³/mol. The average Bonchev–Trinajstić information content (AvgIpc) is 3.22. The molecule has 0 spiro atoms. The first-order valence-corrected chi connectivity index (χ1v) is 8.12. The number of nitrogens with one attached hydrogen (secondary N) is 1. The fourth-order valence-electron chi connectivity index (χ4n) is 2.80. The van der Waals surface area contributed by atoms with E-state index in [1.807, 2.05) is 35.0 Å². The molecule has 0 bridgehead atoms. The Morgan fingerprint density at radius 3 is 2.88 bits per heavy atom. The lowest BCUT2D eigenvalue weighted by atomic mass is 10.1. The molecule has 7 nitrogen and oxygen atoms in total. The van der Waals surface area contributed by atoms with Crippen LogP contribution in [-0.2, 0) is 0 Å². The number of imidazole rings is 1. The topological polar surface area (TPSA) is 74.6 Å². The number of ether oxygens (including phenoxy) is 3. The number of fused-ring (bicyclic) bond motifs is 1. The SMILES string of the molecule is COc1cc(C(=O)Nc2ccccc2-n2ccnc2)cc2c1OCCO2. The van der Waals surface area contributed by atoms with Crippen molar-refractivity contribution in [3.8, 4) is 22.9 Å². The van der Waals surface area contributed by atoms with Gasteiger partial charge in [-0.15, -0.1) is 0 Å². The van der Waals surface area contributed by atoms with Crippen LogP contribution in [0.3, 0.4) is 0 Å². The fraction of sp³-hybridized carbons (Fsp3) is 0.158.